The minimum atomic E-state index is -4.64. The molecule has 4 nitrogen and oxygen atoms in total. The molecule has 0 amide bonds. The Kier molecular flexibility index (Phi) is 71.4. The van der Waals surface area contributed by atoms with Crippen LogP contribution in [0, 0.1) is 0 Å². The molecule has 0 aromatic heterocycles. The first-order valence-corrected chi connectivity index (χ1v) is 2.35. The molecule has 0 aliphatic rings. The zero-order valence-corrected chi connectivity index (χ0v) is 7.05. The Balaban J connectivity index is -0.00000000800. The van der Waals surface area contributed by atoms with Crippen molar-refractivity contribution in [2.24, 2.45) is 0 Å². The van der Waals surface area contributed by atoms with E-state index in [0.717, 1.165) is 0 Å². The van der Waals surface area contributed by atoms with Crippen molar-refractivity contribution in [2.75, 3.05) is 0 Å². The van der Waals surface area contributed by atoms with Gasteiger partial charge in [0.25, 0.3) is 0 Å². The molecule has 3 N–H and O–H groups in total. The minimum absolute atomic E-state index is 0. The SMILES string of the molecule is Cl.I.O=P(O)(O)O.[KH].[KH].[MgH2]. The summed E-state index contributed by atoms with van der Waals surface area (Å²) >= 11 is 0. The van der Waals surface area contributed by atoms with Gasteiger partial charge in [-0.2, -0.15) is 0 Å². The molecule has 0 spiro atoms. The van der Waals surface area contributed by atoms with Gasteiger partial charge >= 0.3 is 134 Å². The average molecular weight is 369 g/mol. The summed E-state index contributed by atoms with van der Waals surface area (Å²) in [6.07, 6.45) is 0. The van der Waals surface area contributed by atoms with Crippen LogP contribution in [0.2, 0.25) is 0 Å². The van der Waals surface area contributed by atoms with Crippen LogP contribution in [-0.4, -0.2) is 141 Å². The Morgan fingerprint density at radius 2 is 1.00 bits per heavy atom. The predicted octanol–water partition coefficient (Wildman–Crippen LogP) is -2.10. The van der Waals surface area contributed by atoms with Gasteiger partial charge in [0.2, 0.25) is 0 Å². The molecule has 0 radical (unpaired) electrons. The Morgan fingerprint density at radius 1 is 1.00 bits per heavy atom. The second-order valence-electron chi connectivity index (χ2n) is 0.513. The van der Waals surface area contributed by atoms with Gasteiger partial charge in [-0.1, -0.05) is 0 Å². The maximum atomic E-state index is 8.88. The van der Waals surface area contributed by atoms with Crippen LogP contribution in [0.15, 0.2) is 0 Å². The van der Waals surface area contributed by atoms with E-state index in [9.17, 15) is 0 Å². The Bertz CT molecular complexity index is 69.4. The summed E-state index contributed by atoms with van der Waals surface area (Å²) in [6, 6.07) is 0. The van der Waals surface area contributed by atoms with Gasteiger partial charge in [0.15, 0.2) is 0 Å². The summed E-state index contributed by atoms with van der Waals surface area (Å²) in [5.74, 6) is 0. The van der Waals surface area contributed by atoms with Gasteiger partial charge in [-0.3, -0.25) is 0 Å². The molecular weight excluding hydrogens is 360 g/mol. The molecule has 0 rings (SSSR count). The molecule has 10 heavy (non-hydrogen) atoms. The molecule has 0 bridgehead atoms. The minimum Gasteiger partial charge on any atom is 0.316 e. The third-order valence-electron chi connectivity index (χ3n) is 0. The molecular formula is H9ClIK2MgO4P. The van der Waals surface area contributed by atoms with Gasteiger partial charge in [-0.15, -0.1) is 36.4 Å². The van der Waals surface area contributed by atoms with Gasteiger partial charge in [-0.05, 0) is 0 Å². The smallest absolute Gasteiger partial charge is 0.316 e. The fourth-order valence-corrected chi connectivity index (χ4v) is 0. The Hall–Kier alpha value is 5.17. The summed E-state index contributed by atoms with van der Waals surface area (Å²) in [4.78, 5) is 21.6. The van der Waals surface area contributed by atoms with Crippen LogP contribution < -0.4 is 0 Å². The van der Waals surface area contributed by atoms with Gasteiger partial charge in [0, 0.05) is 0 Å². The Labute approximate surface area is 184 Å². The summed E-state index contributed by atoms with van der Waals surface area (Å²) in [7, 11) is -4.64. The van der Waals surface area contributed by atoms with Crippen LogP contribution in [0.25, 0.3) is 0 Å². The maximum Gasteiger partial charge on any atom is 0.316 e. The van der Waals surface area contributed by atoms with E-state index >= 15 is 0 Å². The zero-order valence-electron chi connectivity index (χ0n) is 3.01. The van der Waals surface area contributed by atoms with Crippen molar-refractivity contribution in [3.63, 3.8) is 0 Å². The second kappa shape index (κ2) is 19.7. The Morgan fingerprint density at radius 3 is 1.00 bits per heavy atom. The number of rotatable bonds is 0. The third kappa shape index (κ3) is 73.0. The monoisotopic (exact) mass is 368 g/mol. The molecule has 10 heteroatoms. The van der Waals surface area contributed by atoms with Crippen LogP contribution in [0.1, 0.15) is 0 Å². The number of phosphoric acid groups is 1. The molecule has 0 atom stereocenters. The molecule has 0 saturated carbocycles. The first-order chi connectivity index (χ1) is 2.00. The van der Waals surface area contributed by atoms with E-state index in [1.807, 2.05) is 0 Å². The van der Waals surface area contributed by atoms with E-state index in [-0.39, 0.29) is 162 Å². The molecule has 0 saturated heterocycles. The van der Waals surface area contributed by atoms with Crippen molar-refractivity contribution < 1.29 is 19.2 Å². The molecule has 0 aromatic carbocycles. The molecule has 0 aliphatic heterocycles. The van der Waals surface area contributed by atoms with Crippen LogP contribution in [-0.2, 0) is 4.57 Å². The molecule has 0 unspecified atom stereocenters. The largest absolute Gasteiger partial charge is 0.316 e. The maximum absolute atomic E-state index is 8.88. The molecule has 0 aromatic rings. The topological polar surface area (TPSA) is 77.8 Å². The van der Waals surface area contributed by atoms with Crippen molar-refractivity contribution in [1.29, 1.82) is 0 Å². The third-order valence-corrected chi connectivity index (χ3v) is 0. The van der Waals surface area contributed by atoms with Gasteiger partial charge in [0.1, 0.15) is 0 Å². The zero-order chi connectivity index (χ0) is 4.50. The van der Waals surface area contributed by atoms with Crippen molar-refractivity contribution in [2.45, 2.75) is 0 Å². The van der Waals surface area contributed by atoms with Crippen LogP contribution in [0.3, 0.4) is 0 Å². The first-order valence-electron chi connectivity index (χ1n) is 0.783. The fourth-order valence-electron chi connectivity index (χ4n) is 0. The number of hydrogen-bond donors (Lipinski definition) is 3. The summed E-state index contributed by atoms with van der Waals surface area (Å²) in [5.41, 5.74) is 0. The normalized spacial score (nSPS) is 5.90. The number of halogens is 2. The van der Waals surface area contributed by atoms with E-state index in [1.165, 1.54) is 0 Å². The van der Waals surface area contributed by atoms with E-state index in [0.29, 0.717) is 0 Å². The summed E-state index contributed by atoms with van der Waals surface area (Å²) in [5, 5.41) is 0. The van der Waals surface area contributed by atoms with Crippen molar-refractivity contribution in [1.82, 2.24) is 0 Å². The van der Waals surface area contributed by atoms with Crippen molar-refractivity contribution in [3.05, 3.63) is 0 Å². The second-order valence-corrected chi connectivity index (χ2v) is 1.54. The average Bonchev–Trinajstić information content (AvgIpc) is 0.722. The van der Waals surface area contributed by atoms with Crippen LogP contribution in [0.4, 0.5) is 0 Å². The predicted molar refractivity (Wildman–Crippen MR) is 59.8 cm³/mol. The molecule has 0 aliphatic carbocycles. The van der Waals surface area contributed by atoms with E-state index in [1.54, 1.807) is 0 Å². The summed E-state index contributed by atoms with van der Waals surface area (Å²) < 4.78 is 8.88. The standard InChI is InChI=1S/ClH.HI.2K.Mg.H3O4P.4H/c;;;;;1-5(2,3)4;;;;/h2*1H;;;;(H3,1,2,3,4);;;;. The van der Waals surface area contributed by atoms with Crippen molar-refractivity contribution in [3.8, 4) is 0 Å². The molecule has 0 fully saturated rings. The molecule has 0 heterocycles. The van der Waals surface area contributed by atoms with Gasteiger partial charge in [-0.25, -0.2) is 4.57 Å². The van der Waals surface area contributed by atoms with E-state index in [2.05, 4.69) is 0 Å². The van der Waals surface area contributed by atoms with Gasteiger partial charge in [0.05, 0.1) is 0 Å². The van der Waals surface area contributed by atoms with E-state index in [4.69, 9.17) is 19.2 Å². The number of hydrogen-bond acceptors (Lipinski definition) is 1. The quantitative estimate of drug-likeness (QED) is 0.260. The van der Waals surface area contributed by atoms with Gasteiger partial charge < -0.3 is 14.7 Å². The van der Waals surface area contributed by atoms with E-state index < -0.39 is 7.82 Å². The van der Waals surface area contributed by atoms with Crippen molar-refractivity contribution >= 4 is 170 Å². The fraction of sp³-hybridized carbons (Fsp3) is 0. The van der Waals surface area contributed by atoms with Crippen LogP contribution >= 0.6 is 44.2 Å². The summed E-state index contributed by atoms with van der Waals surface area (Å²) in [6.45, 7) is 0. The first kappa shape index (κ1) is 36.2. The molecule has 56 valence electrons. The van der Waals surface area contributed by atoms with Crippen LogP contribution in [0.5, 0.6) is 0 Å².